The first-order valence-corrected chi connectivity index (χ1v) is 8.50. The molecule has 0 radical (unpaired) electrons. The van der Waals surface area contributed by atoms with Gasteiger partial charge in [0.25, 0.3) is 0 Å². The van der Waals surface area contributed by atoms with E-state index in [0.29, 0.717) is 12.5 Å². The predicted octanol–water partition coefficient (Wildman–Crippen LogP) is 2.66. The zero-order chi connectivity index (χ0) is 14.8. The first kappa shape index (κ1) is 14.5. The number of nitrogens with one attached hydrogen (secondary N) is 2. The van der Waals surface area contributed by atoms with Gasteiger partial charge in [-0.25, -0.2) is 0 Å². The molecule has 1 aliphatic carbocycles. The van der Waals surface area contributed by atoms with E-state index in [2.05, 4.69) is 37.7 Å². The minimum atomic E-state index is -0.106. The third-order valence-electron chi connectivity index (χ3n) is 3.70. The summed E-state index contributed by atoms with van der Waals surface area (Å²) in [5, 5.41) is 5.09. The second-order valence-corrected chi connectivity index (χ2v) is 7.53. The van der Waals surface area contributed by atoms with E-state index in [4.69, 9.17) is 0 Å². The van der Waals surface area contributed by atoms with Gasteiger partial charge in [0.1, 0.15) is 0 Å². The molecule has 0 saturated heterocycles. The highest BCUT2D eigenvalue weighted by Crippen LogP contribution is 2.49. The quantitative estimate of drug-likeness (QED) is 0.854. The molecule has 2 N–H and O–H groups in total. The van der Waals surface area contributed by atoms with E-state index in [9.17, 15) is 9.59 Å². The average Bonchev–Trinajstić information content (AvgIpc) is 3.16. The van der Waals surface area contributed by atoms with Crippen LogP contribution in [0.4, 0.5) is 0 Å². The van der Waals surface area contributed by atoms with Crippen LogP contribution in [0.2, 0.25) is 0 Å². The lowest BCUT2D eigenvalue weighted by Crippen LogP contribution is -2.27. The van der Waals surface area contributed by atoms with E-state index in [1.807, 2.05) is 0 Å². The Hall–Kier alpha value is -1.40. The van der Waals surface area contributed by atoms with Crippen molar-refractivity contribution in [2.45, 2.75) is 18.8 Å². The summed E-state index contributed by atoms with van der Waals surface area (Å²) in [7, 11) is 0. The lowest BCUT2D eigenvalue weighted by Gasteiger charge is -2.04. The molecule has 21 heavy (non-hydrogen) atoms. The van der Waals surface area contributed by atoms with Crippen LogP contribution in [0.1, 0.15) is 23.5 Å². The number of carbonyl (C=O) groups excluding carboxylic acids is 1. The molecule has 0 spiro atoms. The van der Waals surface area contributed by atoms with Crippen LogP contribution in [0.5, 0.6) is 0 Å². The highest BCUT2D eigenvalue weighted by atomic mass is 79.9. The average molecular weight is 367 g/mol. The van der Waals surface area contributed by atoms with Crippen LogP contribution >= 0.6 is 27.3 Å². The number of rotatable bonds is 5. The summed E-state index contributed by atoms with van der Waals surface area (Å²) in [4.78, 5) is 25.6. The predicted molar refractivity (Wildman–Crippen MR) is 86.6 cm³/mol. The van der Waals surface area contributed by atoms with Gasteiger partial charge in [-0.3, -0.25) is 9.59 Å². The van der Waals surface area contributed by atoms with E-state index in [1.165, 1.54) is 11.6 Å². The van der Waals surface area contributed by atoms with Crippen molar-refractivity contribution >= 4 is 33.2 Å². The van der Waals surface area contributed by atoms with Crippen LogP contribution in [0, 0.1) is 5.92 Å². The van der Waals surface area contributed by atoms with Crippen molar-refractivity contribution < 1.29 is 4.79 Å². The van der Waals surface area contributed by atoms with Gasteiger partial charge in [0.05, 0.1) is 3.79 Å². The van der Waals surface area contributed by atoms with Crippen LogP contribution in [0.3, 0.4) is 0 Å². The third kappa shape index (κ3) is 3.63. The van der Waals surface area contributed by atoms with Gasteiger partial charge in [-0.05, 0) is 57.3 Å². The Labute approximate surface area is 134 Å². The van der Waals surface area contributed by atoms with Gasteiger partial charge >= 0.3 is 0 Å². The molecule has 1 aliphatic rings. The summed E-state index contributed by atoms with van der Waals surface area (Å²) in [5.41, 5.74) is 2.17. The van der Waals surface area contributed by atoms with Gasteiger partial charge in [0.2, 0.25) is 11.5 Å². The van der Waals surface area contributed by atoms with Crippen molar-refractivity contribution in [1.82, 2.24) is 10.3 Å². The molecule has 1 saturated carbocycles. The molecule has 2 aromatic rings. The number of H-pyrrole nitrogens is 1. The van der Waals surface area contributed by atoms with Crippen molar-refractivity contribution in [2.75, 3.05) is 6.54 Å². The number of hydrogen-bond donors (Lipinski definition) is 2. The van der Waals surface area contributed by atoms with Gasteiger partial charge in [0, 0.05) is 24.7 Å². The lowest BCUT2D eigenvalue weighted by molar-refractivity contribution is -0.122. The molecule has 0 aromatic carbocycles. The first-order chi connectivity index (χ1) is 10.1. The molecular weight excluding hydrogens is 352 g/mol. The van der Waals surface area contributed by atoms with Gasteiger partial charge in [-0.1, -0.05) is 6.07 Å². The summed E-state index contributed by atoms with van der Waals surface area (Å²) in [6.45, 7) is 0.599. The van der Waals surface area contributed by atoms with Crippen LogP contribution in [0.15, 0.2) is 38.4 Å². The maximum atomic E-state index is 12.1. The molecule has 110 valence electrons. The summed E-state index contributed by atoms with van der Waals surface area (Å²) >= 11 is 5.11. The van der Waals surface area contributed by atoms with Crippen molar-refractivity contribution in [2.24, 2.45) is 5.92 Å². The largest absolute Gasteiger partial charge is 0.356 e. The Morgan fingerprint density at radius 2 is 2.33 bits per heavy atom. The molecule has 2 atom stereocenters. The molecule has 3 rings (SSSR count). The van der Waals surface area contributed by atoms with Crippen LogP contribution in [-0.2, 0) is 11.2 Å². The fraction of sp³-hybridized carbons (Fsp3) is 0.333. The molecule has 6 heteroatoms. The van der Waals surface area contributed by atoms with E-state index in [0.717, 1.165) is 22.2 Å². The number of thiophene rings is 1. The van der Waals surface area contributed by atoms with Gasteiger partial charge in [-0.15, -0.1) is 11.3 Å². The Bertz CT molecular complexity index is 689. The molecule has 0 aliphatic heterocycles. The number of aromatic amines is 1. The van der Waals surface area contributed by atoms with Crippen molar-refractivity contribution in [3.05, 3.63) is 55.0 Å². The minimum Gasteiger partial charge on any atom is -0.356 e. The van der Waals surface area contributed by atoms with E-state index >= 15 is 0 Å². The summed E-state index contributed by atoms with van der Waals surface area (Å²) in [6, 6.07) is 5.39. The molecule has 1 amide bonds. The van der Waals surface area contributed by atoms with Crippen LogP contribution in [0.25, 0.3) is 0 Å². The number of aromatic nitrogens is 1. The van der Waals surface area contributed by atoms with Crippen molar-refractivity contribution in [3.8, 4) is 0 Å². The Balaban J connectivity index is 1.45. The number of amides is 1. The second kappa shape index (κ2) is 6.15. The fourth-order valence-electron chi connectivity index (χ4n) is 2.43. The summed E-state index contributed by atoms with van der Waals surface area (Å²) in [5.74, 6) is 0.620. The zero-order valence-corrected chi connectivity index (χ0v) is 13.7. The fourth-order valence-corrected chi connectivity index (χ4v) is 3.67. The number of halogens is 1. The molecule has 0 unspecified atom stereocenters. The van der Waals surface area contributed by atoms with Crippen molar-refractivity contribution in [1.29, 1.82) is 0 Å². The van der Waals surface area contributed by atoms with Gasteiger partial charge < -0.3 is 10.3 Å². The third-order valence-corrected chi connectivity index (χ3v) is 5.23. The van der Waals surface area contributed by atoms with E-state index in [-0.39, 0.29) is 17.4 Å². The van der Waals surface area contributed by atoms with Crippen molar-refractivity contribution in [3.63, 3.8) is 0 Å². The van der Waals surface area contributed by atoms with E-state index in [1.54, 1.807) is 23.6 Å². The maximum absolute atomic E-state index is 12.1. The highest BCUT2D eigenvalue weighted by Gasteiger charge is 2.44. The minimum absolute atomic E-state index is 0.106. The normalized spacial score (nSPS) is 20.2. The molecule has 1 fully saturated rings. The molecule has 4 nitrogen and oxygen atoms in total. The lowest BCUT2D eigenvalue weighted by atomic mass is 10.2. The molecule has 2 heterocycles. The first-order valence-electron chi connectivity index (χ1n) is 6.83. The summed E-state index contributed by atoms with van der Waals surface area (Å²) in [6.07, 6.45) is 3.36. The topological polar surface area (TPSA) is 62.0 Å². The molecular formula is C15H15BrN2O2S. The molecule has 2 aromatic heterocycles. The number of carbonyl (C=O) groups is 1. The standard InChI is InChI=1S/C15H15BrN2O2S/c16-13-5-10(8-21-13)11-6-12(11)15(20)17-4-3-9-1-2-14(19)18-7-9/h1-2,5,7-8,11-12H,3-4,6H2,(H,17,20)(H,18,19)/t11-,12+/m0/s1. The smallest absolute Gasteiger partial charge is 0.247 e. The monoisotopic (exact) mass is 366 g/mol. The Morgan fingerprint density at radius 1 is 1.48 bits per heavy atom. The van der Waals surface area contributed by atoms with E-state index < -0.39 is 0 Å². The van der Waals surface area contributed by atoms with Crippen LogP contribution in [-0.4, -0.2) is 17.4 Å². The van der Waals surface area contributed by atoms with Gasteiger partial charge in [-0.2, -0.15) is 0 Å². The Morgan fingerprint density at radius 3 is 3.00 bits per heavy atom. The SMILES string of the molecule is O=C(NCCc1ccc(=O)[nH]c1)[C@@H]1C[C@H]1c1csc(Br)c1. The summed E-state index contributed by atoms with van der Waals surface area (Å²) < 4.78 is 1.11. The Kier molecular flexibility index (Phi) is 4.26. The second-order valence-electron chi connectivity index (χ2n) is 5.24. The number of pyridine rings is 1. The number of hydrogen-bond acceptors (Lipinski definition) is 3. The zero-order valence-electron chi connectivity index (χ0n) is 11.3. The van der Waals surface area contributed by atoms with Crippen LogP contribution < -0.4 is 10.9 Å². The maximum Gasteiger partial charge on any atom is 0.247 e. The van der Waals surface area contributed by atoms with Gasteiger partial charge in [0.15, 0.2) is 0 Å². The highest BCUT2D eigenvalue weighted by molar-refractivity contribution is 9.11. The molecule has 0 bridgehead atoms.